The third-order valence-electron chi connectivity index (χ3n) is 4.86. The van der Waals surface area contributed by atoms with Gasteiger partial charge in [-0.2, -0.15) is 13.2 Å². The fraction of sp³-hybridized carbons (Fsp3) is 0.261. The van der Waals surface area contributed by atoms with Crippen molar-refractivity contribution in [3.63, 3.8) is 0 Å². The zero-order chi connectivity index (χ0) is 21.1. The van der Waals surface area contributed by atoms with Gasteiger partial charge in [0.2, 0.25) is 0 Å². The maximum atomic E-state index is 12.9. The number of hydrogen-bond acceptors (Lipinski definition) is 2. The first-order chi connectivity index (χ1) is 13.7. The normalized spacial score (nSPS) is 16.1. The van der Waals surface area contributed by atoms with E-state index in [1.807, 2.05) is 18.2 Å². The molecule has 1 aliphatic rings. The van der Waals surface area contributed by atoms with Gasteiger partial charge >= 0.3 is 12.1 Å². The molecule has 1 N–H and O–H groups in total. The zero-order valence-electron chi connectivity index (χ0n) is 15.9. The van der Waals surface area contributed by atoms with E-state index < -0.39 is 17.7 Å². The van der Waals surface area contributed by atoms with Crippen molar-refractivity contribution < 1.29 is 27.8 Å². The molecule has 0 saturated heterocycles. The van der Waals surface area contributed by atoms with Gasteiger partial charge in [0.05, 0.1) is 12.2 Å². The summed E-state index contributed by atoms with van der Waals surface area (Å²) < 4.78 is 44.5. The average molecular weight is 402 g/mol. The predicted molar refractivity (Wildman–Crippen MR) is 105 cm³/mol. The van der Waals surface area contributed by atoms with Gasteiger partial charge in [0.15, 0.2) is 0 Å². The van der Waals surface area contributed by atoms with Gasteiger partial charge < -0.3 is 9.84 Å². The van der Waals surface area contributed by atoms with Crippen LogP contribution in [0.1, 0.15) is 36.5 Å². The second kappa shape index (κ2) is 8.15. The van der Waals surface area contributed by atoms with Gasteiger partial charge in [-0.15, -0.1) is 0 Å². The van der Waals surface area contributed by atoms with E-state index in [1.165, 1.54) is 18.2 Å². The van der Waals surface area contributed by atoms with Gasteiger partial charge in [0, 0.05) is 11.5 Å². The third-order valence-corrected chi connectivity index (χ3v) is 4.86. The van der Waals surface area contributed by atoms with E-state index in [9.17, 15) is 18.0 Å². The molecular weight excluding hydrogens is 381 g/mol. The molecule has 2 aromatic carbocycles. The van der Waals surface area contributed by atoms with Crippen LogP contribution in [0.3, 0.4) is 0 Å². The summed E-state index contributed by atoms with van der Waals surface area (Å²) in [4.78, 5) is 10.8. The number of hydrogen-bond donors (Lipinski definition) is 1. The van der Waals surface area contributed by atoms with Crippen molar-refractivity contribution in [2.45, 2.75) is 25.9 Å². The number of carbonyl (C=O) groups is 1. The van der Waals surface area contributed by atoms with Gasteiger partial charge in [-0.05, 0) is 53.8 Å². The Morgan fingerprint density at radius 2 is 1.83 bits per heavy atom. The van der Waals surface area contributed by atoms with Crippen molar-refractivity contribution >= 4 is 11.5 Å². The maximum Gasteiger partial charge on any atom is 0.416 e. The molecule has 6 heteroatoms. The number of benzene rings is 2. The number of alkyl halides is 3. The highest BCUT2D eigenvalue weighted by Crippen LogP contribution is 2.45. The monoisotopic (exact) mass is 402 g/mol. The Labute approximate surface area is 167 Å². The summed E-state index contributed by atoms with van der Waals surface area (Å²) in [7, 11) is 0. The highest BCUT2D eigenvalue weighted by Gasteiger charge is 2.38. The molecular formula is C23H21F3O3. The molecule has 152 valence electrons. The molecule has 2 aromatic rings. The van der Waals surface area contributed by atoms with Gasteiger partial charge in [0.1, 0.15) is 5.75 Å². The fourth-order valence-electron chi connectivity index (χ4n) is 2.79. The van der Waals surface area contributed by atoms with Crippen LogP contribution in [0.15, 0.2) is 66.8 Å². The predicted octanol–water partition coefficient (Wildman–Crippen LogP) is 5.96. The molecule has 1 fully saturated rings. The molecule has 1 aliphatic carbocycles. The highest BCUT2D eigenvalue weighted by atomic mass is 19.4. The minimum Gasteiger partial charge on any atom is -0.493 e. The highest BCUT2D eigenvalue weighted by molar-refractivity contribution is 5.84. The van der Waals surface area contributed by atoms with Gasteiger partial charge in [-0.25, -0.2) is 4.79 Å². The molecule has 0 radical (unpaired) electrons. The first kappa shape index (κ1) is 20.7. The second-order valence-electron chi connectivity index (χ2n) is 7.48. The number of ether oxygens (including phenoxy) is 1. The number of aliphatic carboxylic acids is 1. The van der Waals surface area contributed by atoms with Gasteiger partial charge in [0.25, 0.3) is 0 Å². The Hall–Kier alpha value is -3.02. The summed E-state index contributed by atoms with van der Waals surface area (Å²) in [5, 5.41) is 8.83. The third kappa shape index (κ3) is 5.73. The number of rotatable bonds is 7. The van der Waals surface area contributed by atoms with Crippen LogP contribution in [0.5, 0.6) is 5.75 Å². The Kier molecular flexibility index (Phi) is 5.82. The van der Waals surface area contributed by atoms with E-state index in [4.69, 9.17) is 9.84 Å². The number of carboxylic acid groups (broad SMARTS) is 1. The first-order valence-corrected chi connectivity index (χ1v) is 9.18. The van der Waals surface area contributed by atoms with E-state index in [1.54, 1.807) is 12.1 Å². The smallest absolute Gasteiger partial charge is 0.416 e. The molecule has 3 nitrogen and oxygen atoms in total. The van der Waals surface area contributed by atoms with E-state index >= 15 is 0 Å². The number of carboxylic acids is 1. The summed E-state index contributed by atoms with van der Waals surface area (Å²) in [6, 6.07) is 12.0. The van der Waals surface area contributed by atoms with Crippen LogP contribution >= 0.6 is 0 Å². The van der Waals surface area contributed by atoms with Gasteiger partial charge in [-0.1, -0.05) is 43.3 Å². The summed E-state index contributed by atoms with van der Waals surface area (Å²) in [5.74, 6) is -0.446. The lowest BCUT2D eigenvalue weighted by molar-refractivity contribution is -0.137. The van der Waals surface area contributed by atoms with Crippen LogP contribution in [0.25, 0.3) is 5.57 Å². The van der Waals surface area contributed by atoms with Crippen LogP contribution in [-0.4, -0.2) is 17.7 Å². The van der Waals surface area contributed by atoms with Crippen molar-refractivity contribution in [1.29, 1.82) is 0 Å². The molecule has 0 spiro atoms. The summed E-state index contributed by atoms with van der Waals surface area (Å²) in [6.07, 6.45) is 1.73. The van der Waals surface area contributed by atoms with Crippen LogP contribution < -0.4 is 4.74 Å². The Bertz CT molecular complexity index is 937. The fourth-order valence-corrected chi connectivity index (χ4v) is 2.79. The second-order valence-corrected chi connectivity index (χ2v) is 7.48. The number of allylic oxidation sites excluding steroid dienone is 2. The van der Waals surface area contributed by atoms with Crippen molar-refractivity contribution in [2.24, 2.45) is 5.41 Å². The summed E-state index contributed by atoms with van der Waals surface area (Å²) >= 11 is 0. The van der Waals surface area contributed by atoms with Crippen molar-refractivity contribution in [3.8, 4) is 5.75 Å². The average Bonchev–Trinajstić information content (AvgIpc) is 3.41. The van der Waals surface area contributed by atoms with Gasteiger partial charge in [-0.3, -0.25) is 0 Å². The molecule has 0 heterocycles. The minimum atomic E-state index is -4.42. The van der Waals surface area contributed by atoms with E-state index in [-0.39, 0.29) is 5.41 Å². The molecule has 3 rings (SSSR count). The molecule has 0 bridgehead atoms. The standard InChI is InChI=1S/C23H21F3O3/c1-22(12-13-22)15-29-19-5-2-4-17(14-19)20(6-3-7-21(27)28)16-8-10-18(11-9-16)23(24,25)26/h2-11,14H,12-13,15H2,1H3,(H,27,28). The summed E-state index contributed by atoms with van der Waals surface area (Å²) in [6.45, 7) is 2.76. The summed E-state index contributed by atoms with van der Waals surface area (Å²) in [5.41, 5.74) is 1.33. The topological polar surface area (TPSA) is 46.5 Å². The van der Waals surface area contributed by atoms with Crippen LogP contribution in [0.4, 0.5) is 13.2 Å². The van der Waals surface area contributed by atoms with Crippen molar-refractivity contribution in [1.82, 2.24) is 0 Å². The Morgan fingerprint density at radius 3 is 2.41 bits per heavy atom. The van der Waals surface area contributed by atoms with Crippen LogP contribution in [0.2, 0.25) is 0 Å². The Balaban J connectivity index is 1.92. The lowest BCUT2D eigenvalue weighted by atomic mass is 9.96. The molecule has 0 aliphatic heterocycles. The first-order valence-electron chi connectivity index (χ1n) is 9.18. The zero-order valence-corrected chi connectivity index (χ0v) is 15.9. The number of halogens is 3. The maximum absolute atomic E-state index is 12.9. The lowest BCUT2D eigenvalue weighted by Gasteiger charge is -2.14. The molecule has 0 aromatic heterocycles. The lowest BCUT2D eigenvalue weighted by Crippen LogP contribution is -2.08. The molecule has 0 atom stereocenters. The Morgan fingerprint density at radius 1 is 1.14 bits per heavy atom. The van der Waals surface area contributed by atoms with E-state index in [2.05, 4.69) is 6.92 Å². The molecule has 0 unspecified atom stereocenters. The van der Waals surface area contributed by atoms with Crippen molar-refractivity contribution in [2.75, 3.05) is 6.61 Å². The SMILES string of the molecule is CC1(COc2cccc(C(=CC=CC(=O)O)c3ccc(C(F)(F)F)cc3)c2)CC1. The van der Waals surface area contributed by atoms with E-state index in [0.29, 0.717) is 23.5 Å². The molecule has 29 heavy (non-hydrogen) atoms. The minimum absolute atomic E-state index is 0.215. The van der Waals surface area contributed by atoms with Crippen LogP contribution in [0, 0.1) is 5.41 Å². The largest absolute Gasteiger partial charge is 0.493 e. The molecule has 1 saturated carbocycles. The molecule has 0 amide bonds. The van der Waals surface area contributed by atoms with Crippen LogP contribution in [-0.2, 0) is 11.0 Å². The van der Waals surface area contributed by atoms with Crippen molar-refractivity contribution in [3.05, 3.63) is 83.4 Å². The van der Waals surface area contributed by atoms with E-state index in [0.717, 1.165) is 36.6 Å². The quantitative estimate of drug-likeness (QED) is 0.459.